The van der Waals surface area contributed by atoms with E-state index in [2.05, 4.69) is 36.1 Å². The number of carbonyl (C=O) groups excluding carboxylic acids is 4. The number of aromatic nitrogens is 4. The second-order valence-electron chi connectivity index (χ2n) is 20.2. The Morgan fingerprint density at radius 1 is 0.846 bits per heavy atom. The van der Waals surface area contributed by atoms with E-state index < -0.39 is 17.6 Å². The summed E-state index contributed by atoms with van der Waals surface area (Å²) in [6, 6.07) is 11.4. The van der Waals surface area contributed by atoms with Crippen LogP contribution >= 0.6 is 0 Å². The van der Waals surface area contributed by atoms with Gasteiger partial charge in [-0.3, -0.25) is 24.5 Å². The zero-order chi connectivity index (χ0) is 44.8. The van der Waals surface area contributed by atoms with E-state index in [1.54, 1.807) is 36.2 Å². The molecule has 1 aromatic carbocycles. The Kier molecular flexibility index (Phi) is 12.2. The van der Waals surface area contributed by atoms with Crippen molar-refractivity contribution in [1.29, 1.82) is 0 Å². The average molecular weight is 885 g/mol. The first-order valence-corrected chi connectivity index (χ1v) is 24.3. The van der Waals surface area contributed by atoms with Crippen molar-refractivity contribution in [2.24, 2.45) is 11.8 Å². The van der Waals surface area contributed by atoms with Gasteiger partial charge in [-0.1, -0.05) is 31.0 Å². The number of rotatable bonds is 11. The summed E-state index contributed by atoms with van der Waals surface area (Å²) in [5.74, 6) is 2.25. The summed E-state index contributed by atoms with van der Waals surface area (Å²) in [5.41, 5.74) is 4.09. The number of imide groups is 1. The Labute approximate surface area is 381 Å². The Balaban J connectivity index is 0.655. The van der Waals surface area contributed by atoms with Gasteiger partial charge in [0.15, 0.2) is 0 Å². The van der Waals surface area contributed by atoms with Crippen LogP contribution in [0.3, 0.4) is 0 Å². The summed E-state index contributed by atoms with van der Waals surface area (Å²) < 4.78 is 2.14. The molecule has 7 heterocycles. The lowest BCUT2D eigenvalue weighted by atomic mass is 9.80. The number of likely N-dealkylation sites (tertiary alicyclic amines) is 2. The number of benzene rings is 1. The third kappa shape index (κ3) is 9.03. The number of hydrogen-bond acceptors (Lipinski definition) is 11. The highest BCUT2D eigenvalue weighted by molar-refractivity contribution is 6.05. The molecule has 4 aliphatic heterocycles. The number of pyridine rings is 1. The first-order valence-electron chi connectivity index (χ1n) is 24.3. The maximum absolute atomic E-state index is 13.2. The molecule has 1 atom stereocenters. The van der Waals surface area contributed by atoms with Crippen molar-refractivity contribution in [3.05, 3.63) is 76.7 Å². The fourth-order valence-corrected chi connectivity index (χ4v) is 11.9. The van der Waals surface area contributed by atoms with Crippen molar-refractivity contribution in [2.75, 3.05) is 58.7 Å². The molecule has 15 heteroatoms. The van der Waals surface area contributed by atoms with E-state index in [0.29, 0.717) is 60.7 Å². The molecule has 1 unspecified atom stereocenters. The molecule has 65 heavy (non-hydrogen) atoms. The number of nitrogens with zero attached hydrogens (tertiary/aromatic N) is 8. The van der Waals surface area contributed by atoms with Crippen LogP contribution in [0, 0.1) is 11.8 Å². The van der Waals surface area contributed by atoms with E-state index in [4.69, 9.17) is 9.97 Å². The van der Waals surface area contributed by atoms with E-state index >= 15 is 0 Å². The van der Waals surface area contributed by atoms with Crippen LogP contribution in [0.25, 0.3) is 11.0 Å². The number of nitrogens with one attached hydrogen (secondary N) is 2. The number of anilines is 2. The van der Waals surface area contributed by atoms with Crippen LogP contribution < -0.4 is 10.6 Å². The number of hydrogen-bond donors (Lipinski definition) is 3. The summed E-state index contributed by atoms with van der Waals surface area (Å²) in [6.07, 6.45) is 17.5. The van der Waals surface area contributed by atoms with Gasteiger partial charge in [0.1, 0.15) is 23.2 Å². The average Bonchev–Trinajstić information content (AvgIpc) is 4.06. The molecule has 2 aliphatic carbocycles. The summed E-state index contributed by atoms with van der Waals surface area (Å²) in [4.78, 5) is 73.2. The Hall–Kier alpha value is -5.25. The fourth-order valence-electron chi connectivity index (χ4n) is 11.9. The first-order chi connectivity index (χ1) is 31.5. The lowest BCUT2D eigenvalue weighted by Crippen LogP contribution is -2.52. The molecule has 0 radical (unpaired) electrons. The molecular formula is C50H64N10O5. The van der Waals surface area contributed by atoms with Gasteiger partial charge in [-0.15, -0.1) is 0 Å². The van der Waals surface area contributed by atoms with Gasteiger partial charge in [0.05, 0.1) is 5.60 Å². The molecule has 344 valence electrons. The minimum atomic E-state index is -0.936. The summed E-state index contributed by atoms with van der Waals surface area (Å²) in [6.45, 7) is 6.53. The number of amides is 4. The second kappa shape index (κ2) is 18.2. The minimum absolute atomic E-state index is 0.0148. The summed E-state index contributed by atoms with van der Waals surface area (Å²) in [5, 5.41) is 18.4. The highest BCUT2D eigenvalue weighted by Crippen LogP contribution is 2.39. The molecule has 3 aromatic heterocycles. The molecular weight excluding hydrogens is 821 g/mol. The molecule has 10 rings (SSSR count). The quantitative estimate of drug-likeness (QED) is 0.149. The predicted molar refractivity (Wildman–Crippen MR) is 246 cm³/mol. The van der Waals surface area contributed by atoms with Gasteiger partial charge in [0.2, 0.25) is 17.8 Å². The van der Waals surface area contributed by atoms with Crippen LogP contribution in [-0.2, 0) is 21.7 Å². The van der Waals surface area contributed by atoms with Crippen LogP contribution in [-0.4, -0.2) is 127 Å². The predicted octanol–water partition coefficient (Wildman–Crippen LogP) is 6.12. The van der Waals surface area contributed by atoms with Gasteiger partial charge >= 0.3 is 0 Å². The van der Waals surface area contributed by atoms with E-state index in [1.807, 2.05) is 30.5 Å². The van der Waals surface area contributed by atoms with Crippen molar-refractivity contribution in [3.63, 3.8) is 0 Å². The van der Waals surface area contributed by atoms with Crippen molar-refractivity contribution in [3.8, 4) is 0 Å². The standard InChI is InChI=1S/C50H64N10O5/c1-56(2)48(64)42-26-36-28-52-49(55-45(36)60(42)39-5-3-4-6-39)53-43-15-11-35(27-51-43)34-17-21-57(22-18-34)29-32-7-9-33(10-8-32)30-58-23-19-50(65,20-24-58)38-12-13-40-37(25-38)31-59(47(40)63)41-14-16-44(61)54-46(41)62/h11-13,15,25-28,32-34,39,41,65H,3-10,14,16-24,29-31H2,1-2H3,(H,54,61,62)(H,51,52,53,55). The Bertz CT molecular complexity index is 2420. The van der Waals surface area contributed by atoms with Crippen molar-refractivity contribution in [1.82, 2.24) is 44.4 Å². The minimum Gasteiger partial charge on any atom is -0.385 e. The zero-order valence-corrected chi connectivity index (χ0v) is 38.0. The molecule has 15 nitrogen and oxygen atoms in total. The lowest BCUT2D eigenvalue weighted by molar-refractivity contribution is -0.136. The SMILES string of the molecule is CN(C)C(=O)c1cc2cnc(Nc3ccc(C4CCN(CC5CCC(CN6CCC(O)(c7ccc8c(c7)CN(C7CCC(=O)NC7=O)C8=O)CC6)CC5)CC4)cn3)nc2n1C1CCCC1. The third-order valence-corrected chi connectivity index (χ3v) is 15.7. The van der Waals surface area contributed by atoms with Crippen LogP contribution in [0.5, 0.6) is 0 Å². The smallest absolute Gasteiger partial charge is 0.270 e. The van der Waals surface area contributed by atoms with Gasteiger partial charge in [-0.05, 0) is 136 Å². The van der Waals surface area contributed by atoms with Crippen LogP contribution in [0.1, 0.15) is 139 Å². The van der Waals surface area contributed by atoms with E-state index in [9.17, 15) is 24.3 Å². The highest BCUT2D eigenvalue weighted by atomic mass is 16.3. The molecule has 6 aliphatic rings. The van der Waals surface area contributed by atoms with Gasteiger partial charge in [0.25, 0.3) is 11.8 Å². The maximum atomic E-state index is 13.2. The fraction of sp³-hybridized carbons (Fsp3) is 0.580. The Morgan fingerprint density at radius 2 is 1.55 bits per heavy atom. The third-order valence-electron chi connectivity index (χ3n) is 15.7. The number of fused-ring (bicyclic) bond motifs is 2. The molecule has 3 N–H and O–H groups in total. The van der Waals surface area contributed by atoms with Crippen LogP contribution in [0.15, 0.2) is 48.8 Å². The van der Waals surface area contributed by atoms with E-state index in [-0.39, 0.29) is 30.2 Å². The molecule has 3 saturated heterocycles. The van der Waals surface area contributed by atoms with Gasteiger partial charge < -0.3 is 34.6 Å². The molecule has 4 aromatic rings. The summed E-state index contributed by atoms with van der Waals surface area (Å²) >= 11 is 0. The van der Waals surface area contributed by atoms with Crippen LogP contribution in [0.4, 0.5) is 11.8 Å². The summed E-state index contributed by atoms with van der Waals surface area (Å²) in [7, 11) is 3.58. The van der Waals surface area contributed by atoms with Crippen molar-refractivity contribution >= 4 is 46.4 Å². The Morgan fingerprint density at radius 3 is 2.22 bits per heavy atom. The van der Waals surface area contributed by atoms with Gasteiger partial charge in [-0.25, -0.2) is 9.97 Å². The van der Waals surface area contributed by atoms with Gasteiger partial charge in [0, 0.05) is 82.6 Å². The molecule has 4 amide bonds. The molecule has 2 saturated carbocycles. The second-order valence-corrected chi connectivity index (χ2v) is 20.2. The monoisotopic (exact) mass is 885 g/mol. The number of aliphatic hydroxyl groups is 1. The molecule has 0 bridgehead atoms. The normalized spacial score (nSPS) is 24.7. The maximum Gasteiger partial charge on any atom is 0.270 e. The van der Waals surface area contributed by atoms with Gasteiger partial charge in [-0.2, -0.15) is 4.98 Å². The van der Waals surface area contributed by atoms with Crippen LogP contribution in [0.2, 0.25) is 0 Å². The first kappa shape index (κ1) is 43.6. The molecule has 0 spiro atoms. The lowest BCUT2D eigenvalue weighted by Gasteiger charge is -2.41. The molecule has 5 fully saturated rings. The number of carbonyl (C=O) groups is 4. The topological polar surface area (TPSA) is 169 Å². The highest BCUT2D eigenvalue weighted by Gasteiger charge is 2.41. The van der Waals surface area contributed by atoms with E-state index in [0.717, 1.165) is 99.3 Å². The van der Waals surface area contributed by atoms with Crippen molar-refractivity contribution in [2.45, 2.75) is 120 Å². The van der Waals surface area contributed by atoms with Crippen molar-refractivity contribution < 1.29 is 24.3 Å². The largest absolute Gasteiger partial charge is 0.385 e. The number of piperidine rings is 3. The zero-order valence-electron chi connectivity index (χ0n) is 38.0. The van der Waals surface area contributed by atoms with E-state index in [1.165, 1.54) is 37.8 Å².